The van der Waals surface area contributed by atoms with Gasteiger partial charge in [-0.05, 0) is 19.1 Å². The Morgan fingerprint density at radius 2 is 2.19 bits per heavy atom. The van der Waals surface area contributed by atoms with Gasteiger partial charge in [-0.3, -0.25) is 15.3 Å². The predicted molar refractivity (Wildman–Crippen MR) is 68.0 cm³/mol. The summed E-state index contributed by atoms with van der Waals surface area (Å²) in [6.07, 6.45) is 5.30. The van der Waals surface area contributed by atoms with Crippen molar-refractivity contribution in [2.75, 3.05) is 12.6 Å². The van der Waals surface area contributed by atoms with Crippen LogP contribution in [-0.4, -0.2) is 12.1 Å². The van der Waals surface area contributed by atoms with Crippen LogP contribution >= 0.6 is 0 Å². The zero-order valence-electron chi connectivity index (χ0n) is 9.66. The van der Waals surface area contributed by atoms with Gasteiger partial charge in [0.2, 0.25) is 0 Å². The Bertz CT molecular complexity index is 422. The van der Waals surface area contributed by atoms with Crippen molar-refractivity contribution in [2.45, 2.75) is 6.92 Å². The second-order valence-corrected chi connectivity index (χ2v) is 3.22. The fourth-order valence-corrected chi connectivity index (χ4v) is 1.34. The number of allylic oxidation sites excluding steroid dienone is 4. The van der Waals surface area contributed by atoms with Crippen molar-refractivity contribution in [3.05, 3.63) is 54.9 Å². The van der Waals surface area contributed by atoms with Gasteiger partial charge in [-0.1, -0.05) is 31.4 Å². The summed E-state index contributed by atoms with van der Waals surface area (Å²) in [5, 5.41) is 0. The molecule has 0 aliphatic carbocycles. The monoisotopic (exact) mass is 216 g/mol. The summed E-state index contributed by atoms with van der Waals surface area (Å²) in [7, 11) is 1.56. The highest BCUT2D eigenvalue weighted by Gasteiger charge is 2.06. The first-order valence-corrected chi connectivity index (χ1v) is 4.95. The van der Waals surface area contributed by atoms with Gasteiger partial charge in [-0.25, -0.2) is 0 Å². The highest BCUT2D eigenvalue weighted by Crippen LogP contribution is 2.23. The smallest absolute Gasteiger partial charge is 0.0959 e. The molecule has 16 heavy (non-hydrogen) atoms. The lowest BCUT2D eigenvalue weighted by Crippen LogP contribution is -2.02. The van der Waals surface area contributed by atoms with E-state index in [2.05, 4.69) is 23.6 Å². The van der Waals surface area contributed by atoms with E-state index in [0.717, 1.165) is 22.6 Å². The average molecular weight is 216 g/mol. The van der Waals surface area contributed by atoms with E-state index in [1.165, 1.54) is 0 Å². The van der Waals surface area contributed by atoms with Gasteiger partial charge < -0.3 is 0 Å². The summed E-state index contributed by atoms with van der Waals surface area (Å²) in [5.41, 5.74) is 6.24. The molecule has 1 heterocycles. The van der Waals surface area contributed by atoms with E-state index in [1.807, 2.05) is 25.1 Å². The molecule has 0 saturated carbocycles. The molecular formula is C13H16N2O. The van der Waals surface area contributed by atoms with Crippen LogP contribution in [0.15, 0.2) is 43.5 Å². The molecule has 0 aliphatic rings. The predicted octanol–water partition coefficient (Wildman–Crippen LogP) is 3.12. The Labute approximate surface area is 96.1 Å². The summed E-state index contributed by atoms with van der Waals surface area (Å²) in [4.78, 5) is 9.36. The lowest BCUT2D eigenvalue weighted by atomic mass is 10.1. The molecule has 0 atom stereocenters. The number of aromatic nitrogens is 1. The normalized spacial score (nSPS) is 11.0. The van der Waals surface area contributed by atoms with E-state index >= 15 is 0 Å². The minimum atomic E-state index is 0.803. The number of anilines is 1. The third-order valence-corrected chi connectivity index (χ3v) is 2.04. The van der Waals surface area contributed by atoms with Crippen LogP contribution in [0.3, 0.4) is 0 Å². The van der Waals surface area contributed by atoms with Crippen LogP contribution in [0.25, 0.3) is 5.57 Å². The number of rotatable bonds is 5. The lowest BCUT2D eigenvalue weighted by molar-refractivity contribution is 0.270. The number of nitrogens with one attached hydrogen (secondary N) is 1. The molecule has 0 aliphatic heterocycles. The lowest BCUT2D eigenvalue weighted by Gasteiger charge is -2.10. The molecule has 0 bridgehead atoms. The minimum Gasteiger partial charge on any atom is -0.279 e. The summed E-state index contributed by atoms with van der Waals surface area (Å²) in [6.45, 7) is 9.37. The molecule has 1 aromatic heterocycles. The molecular weight excluding hydrogens is 200 g/mol. The zero-order valence-corrected chi connectivity index (χ0v) is 9.66. The van der Waals surface area contributed by atoms with Crippen molar-refractivity contribution in [1.29, 1.82) is 0 Å². The van der Waals surface area contributed by atoms with E-state index in [-0.39, 0.29) is 0 Å². The maximum atomic E-state index is 4.90. The van der Waals surface area contributed by atoms with Crippen LogP contribution in [0, 0.1) is 6.92 Å². The van der Waals surface area contributed by atoms with Gasteiger partial charge in [0.05, 0.1) is 18.5 Å². The maximum absolute atomic E-state index is 4.90. The Hall–Kier alpha value is -1.87. The van der Waals surface area contributed by atoms with Gasteiger partial charge in [0.15, 0.2) is 0 Å². The summed E-state index contributed by atoms with van der Waals surface area (Å²) in [6, 6.07) is 3.83. The van der Waals surface area contributed by atoms with Crippen molar-refractivity contribution in [2.24, 2.45) is 0 Å². The molecule has 3 nitrogen and oxygen atoms in total. The van der Waals surface area contributed by atoms with Gasteiger partial charge in [0.25, 0.3) is 0 Å². The van der Waals surface area contributed by atoms with Crippen LogP contribution < -0.4 is 5.48 Å². The summed E-state index contributed by atoms with van der Waals surface area (Å²) >= 11 is 0. The summed E-state index contributed by atoms with van der Waals surface area (Å²) < 4.78 is 0. The second-order valence-electron chi connectivity index (χ2n) is 3.22. The molecule has 1 rings (SSSR count). The molecule has 0 radical (unpaired) electrons. The molecule has 1 N–H and O–H groups in total. The van der Waals surface area contributed by atoms with E-state index in [9.17, 15) is 0 Å². The van der Waals surface area contributed by atoms with Crippen molar-refractivity contribution >= 4 is 11.3 Å². The highest BCUT2D eigenvalue weighted by atomic mass is 16.6. The highest BCUT2D eigenvalue weighted by molar-refractivity contribution is 5.79. The second kappa shape index (κ2) is 5.88. The number of aryl methyl sites for hydroxylation is 1. The van der Waals surface area contributed by atoms with Crippen molar-refractivity contribution < 1.29 is 4.84 Å². The quantitative estimate of drug-likeness (QED) is 0.606. The number of nitrogens with zero attached hydrogens (tertiary/aromatic N) is 1. The van der Waals surface area contributed by atoms with Crippen LogP contribution in [0.5, 0.6) is 0 Å². The molecule has 0 saturated heterocycles. The summed E-state index contributed by atoms with van der Waals surface area (Å²) in [5.74, 6) is 0. The SMILES string of the molecule is C=C/C=C(\C=C)c1nc(C)ccc1NOC. The first-order valence-electron chi connectivity index (χ1n) is 4.95. The van der Waals surface area contributed by atoms with Crippen molar-refractivity contribution in [3.8, 4) is 0 Å². The van der Waals surface area contributed by atoms with E-state index < -0.39 is 0 Å². The topological polar surface area (TPSA) is 34.2 Å². The Balaban J connectivity index is 3.27. The van der Waals surface area contributed by atoms with Gasteiger partial charge in [0, 0.05) is 11.3 Å². The van der Waals surface area contributed by atoms with Crippen LogP contribution in [0.1, 0.15) is 11.4 Å². The largest absolute Gasteiger partial charge is 0.279 e. The van der Waals surface area contributed by atoms with Gasteiger partial charge in [-0.2, -0.15) is 0 Å². The van der Waals surface area contributed by atoms with Crippen molar-refractivity contribution in [1.82, 2.24) is 4.98 Å². The molecule has 0 fully saturated rings. The minimum absolute atomic E-state index is 0.803. The molecule has 1 aromatic rings. The average Bonchev–Trinajstić information content (AvgIpc) is 2.29. The molecule has 0 spiro atoms. The fraction of sp³-hybridized carbons (Fsp3) is 0.154. The number of hydrogen-bond acceptors (Lipinski definition) is 3. The van der Waals surface area contributed by atoms with E-state index in [4.69, 9.17) is 4.84 Å². The molecule has 84 valence electrons. The first kappa shape index (κ1) is 12.2. The van der Waals surface area contributed by atoms with Crippen LogP contribution in [0.2, 0.25) is 0 Å². The standard InChI is InChI=1S/C13H16N2O/c1-5-7-11(6-2)13-12(15-16-4)9-8-10(3)14-13/h5-9,15H,1-2H2,3-4H3/b11-7+. The van der Waals surface area contributed by atoms with E-state index in [0.29, 0.717) is 0 Å². The Kier molecular flexibility index (Phi) is 4.48. The number of pyridine rings is 1. The third kappa shape index (κ3) is 2.81. The molecule has 0 aromatic carbocycles. The Morgan fingerprint density at radius 3 is 2.75 bits per heavy atom. The van der Waals surface area contributed by atoms with E-state index in [1.54, 1.807) is 19.3 Å². The first-order chi connectivity index (χ1) is 7.72. The van der Waals surface area contributed by atoms with Gasteiger partial charge in [-0.15, -0.1) is 0 Å². The number of hydrogen-bond donors (Lipinski definition) is 1. The van der Waals surface area contributed by atoms with Crippen molar-refractivity contribution in [3.63, 3.8) is 0 Å². The fourth-order valence-electron chi connectivity index (χ4n) is 1.34. The Morgan fingerprint density at radius 1 is 1.44 bits per heavy atom. The van der Waals surface area contributed by atoms with Crippen LogP contribution in [0.4, 0.5) is 5.69 Å². The molecule has 0 unspecified atom stereocenters. The van der Waals surface area contributed by atoms with Gasteiger partial charge in [0.1, 0.15) is 0 Å². The third-order valence-electron chi connectivity index (χ3n) is 2.04. The zero-order chi connectivity index (χ0) is 12.0. The molecule has 3 heteroatoms. The maximum Gasteiger partial charge on any atom is 0.0959 e. The molecule has 0 amide bonds. The van der Waals surface area contributed by atoms with Gasteiger partial charge >= 0.3 is 0 Å². The van der Waals surface area contributed by atoms with Crippen LogP contribution in [-0.2, 0) is 4.84 Å².